The summed E-state index contributed by atoms with van der Waals surface area (Å²) in [5, 5.41) is 16.9. The predicted octanol–water partition coefficient (Wildman–Crippen LogP) is 3.17. The van der Waals surface area contributed by atoms with Crippen LogP contribution in [0.5, 0.6) is 0 Å². The van der Waals surface area contributed by atoms with Crippen LogP contribution >= 0.6 is 11.6 Å². The quantitative estimate of drug-likeness (QED) is 0.806. The average molecular weight is 298 g/mol. The molecule has 6 heteroatoms. The van der Waals surface area contributed by atoms with Gasteiger partial charge >= 0.3 is 0 Å². The van der Waals surface area contributed by atoms with Crippen molar-refractivity contribution in [1.29, 1.82) is 5.26 Å². The van der Waals surface area contributed by atoms with Crippen LogP contribution in [0.15, 0.2) is 36.7 Å². The molecule has 1 aromatic carbocycles. The molecule has 0 atom stereocenters. The van der Waals surface area contributed by atoms with Crippen molar-refractivity contribution in [2.45, 2.75) is 13.5 Å². The van der Waals surface area contributed by atoms with Gasteiger partial charge in [-0.1, -0.05) is 11.6 Å². The molecule has 0 aliphatic rings. The number of aromatic nitrogens is 3. The van der Waals surface area contributed by atoms with Gasteiger partial charge < -0.3 is 5.32 Å². The molecule has 0 amide bonds. The number of benzene rings is 1. The fraction of sp³-hybridized carbons (Fsp3) is 0.133. The number of anilines is 1. The van der Waals surface area contributed by atoms with Crippen LogP contribution in [0, 0.1) is 18.3 Å². The molecule has 5 nitrogen and oxygen atoms in total. The summed E-state index contributed by atoms with van der Waals surface area (Å²) in [6.07, 6.45) is 3.75. The van der Waals surface area contributed by atoms with Gasteiger partial charge in [-0.05, 0) is 25.1 Å². The fourth-order valence-electron chi connectivity index (χ4n) is 2.05. The Labute approximate surface area is 126 Å². The standard InChI is InChI=1S/C15H12ClN5/c1-10-4-15-19-8-11(9-21(15)20-10)7-18-13-3-2-12(6-17)14(16)5-13/h2-5,8-9,18H,7H2,1H3. The molecule has 3 rings (SSSR count). The van der Waals surface area contributed by atoms with E-state index in [2.05, 4.69) is 15.4 Å². The van der Waals surface area contributed by atoms with Crippen LogP contribution in [0.1, 0.15) is 16.8 Å². The van der Waals surface area contributed by atoms with Crippen molar-refractivity contribution in [3.05, 3.63) is 58.5 Å². The van der Waals surface area contributed by atoms with E-state index >= 15 is 0 Å². The van der Waals surface area contributed by atoms with E-state index in [1.807, 2.05) is 37.5 Å². The molecule has 3 aromatic rings. The maximum absolute atomic E-state index is 8.85. The maximum atomic E-state index is 8.85. The summed E-state index contributed by atoms with van der Waals surface area (Å²) >= 11 is 6.00. The van der Waals surface area contributed by atoms with Crippen molar-refractivity contribution in [2.24, 2.45) is 0 Å². The zero-order valence-corrected chi connectivity index (χ0v) is 12.1. The number of nitrogens with zero attached hydrogens (tertiary/aromatic N) is 4. The molecule has 2 aromatic heterocycles. The number of nitriles is 1. The lowest BCUT2D eigenvalue weighted by molar-refractivity contribution is 0.895. The van der Waals surface area contributed by atoms with E-state index in [-0.39, 0.29) is 0 Å². The molecule has 0 aliphatic heterocycles. The lowest BCUT2D eigenvalue weighted by Gasteiger charge is -2.07. The summed E-state index contributed by atoms with van der Waals surface area (Å²) in [6.45, 7) is 2.54. The van der Waals surface area contributed by atoms with Gasteiger partial charge in [-0.25, -0.2) is 9.50 Å². The minimum Gasteiger partial charge on any atom is -0.381 e. The molecular formula is C15H12ClN5. The van der Waals surface area contributed by atoms with Gasteiger partial charge in [0.2, 0.25) is 0 Å². The van der Waals surface area contributed by atoms with E-state index in [9.17, 15) is 0 Å². The van der Waals surface area contributed by atoms with Crippen molar-refractivity contribution in [3.8, 4) is 6.07 Å². The van der Waals surface area contributed by atoms with Gasteiger partial charge in [0.05, 0.1) is 16.3 Å². The number of rotatable bonds is 3. The monoisotopic (exact) mass is 297 g/mol. The SMILES string of the molecule is Cc1cc2ncc(CNc3ccc(C#N)c(Cl)c3)cn2n1. The van der Waals surface area contributed by atoms with E-state index in [1.165, 1.54) is 0 Å². The lowest BCUT2D eigenvalue weighted by Crippen LogP contribution is -2.02. The first-order chi connectivity index (χ1) is 10.2. The highest BCUT2D eigenvalue weighted by molar-refractivity contribution is 6.32. The normalized spacial score (nSPS) is 10.5. The van der Waals surface area contributed by atoms with Crippen molar-refractivity contribution in [3.63, 3.8) is 0 Å². The van der Waals surface area contributed by atoms with Crippen LogP contribution in [0.25, 0.3) is 5.65 Å². The molecule has 0 spiro atoms. The number of nitrogens with one attached hydrogen (secondary N) is 1. The van der Waals surface area contributed by atoms with Gasteiger partial charge in [-0.2, -0.15) is 10.4 Å². The Hall–Kier alpha value is -2.58. The van der Waals surface area contributed by atoms with Crippen molar-refractivity contribution < 1.29 is 0 Å². The van der Waals surface area contributed by atoms with E-state index in [0.29, 0.717) is 17.1 Å². The van der Waals surface area contributed by atoms with Gasteiger partial charge in [0.25, 0.3) is 0 Å². The summed E-state index contributed by atoms with van der Waals surface area (Å²) in [6, 6.07) is 9.23. The Morgan fingerprint density at radius 3 is 3.00 bits per heavy atom. The minimum absolute atomic E-state index is 0.443. The maximum Gasteiger partial charge on any atom is 0.155 e. The van der Waals surface area contributed by atoms with Gasteiger partial charge in [0.1, 0.15) is 6.07 Å². The molecule has 1 N–H and O–H groups in total. The average Bonchev–Trinajstić information content (AvgIpc) is 2.84. The largest absolute Gasteiger partial charge is 0.381 e. The number of aryl methyl sites for hydroxylation is 1. The molecule has 0 fully saturated rings. The van der Waals surface area contributed by atoms with E-state index in [1.54, 1.807) is 16.6 Å². The topological polar surface area (TPSA) is 66.0 Å². The van der Waals surface area contributed by atoms with E-state index < -0.39 is 0 Å². The van der Waals surface area contributed by atoms with Crippen molar-refractivity contribution in [1.82, 2.24) is 14.6 Å². The number of hydrogen-bond donors (Lipinski definition) is 1. The molecule has 104 valence electrons. The summed E-state index contributed by atoms with van der Waals surface area (Å²) in [4.78, 5) is 4.35. The third-order valence-corrected chi connectivity index (χ3v) is 3.39. The third kappa shape index (κ3) is 2.81. The Balaban J connectivity index is 1.76. The Kier molecular flexibility index (Phi) is 3.46. The van der Waals surface area contributed by atoms with Gasteiger partial charge in [0.15, 0.2) is 5.65 Å². The highest BCUT2D eigenvalue weighted by atomic mass is 35.5. The molecular weight excluding hydrogens is 286 g/mol. The second kappa shape index (κ2) is 5.43. The number of halogens is 1. The van der Waals surface area contributed by atoms with Crippen LogP contribution in [0.3, 0.4) is 0 Å². The Morgan fingerprint density at radius 2 is 2.24 bits per heavy atom. The molecule has 0 radical (unpaired) electrons. The fourth-order valence-corrected chi connectivity index (χ4v) is 2.27. The first-order valence-corrected chi connectivity index (χ1v) is 6.78. The molecule has 2 heterocycles. The highest BCUT2D eigenvalue weighted by Gasteiger charge is 2.03. The third-order valence-electron chi connectivity index (χ3n) is 3.08. The zero-order valence-electron chi connectivity index (χ0n) is 11.3. The smallest absolute Gasteiger partial charge is 0.155 e. The summed E-state index contributed by atoms with van der Waals surface area (Å²) in [5.41, 5.74) is 4.10. The van der Waals surface area contributed by atoms with Crippen LogP contribution in [0.2, 0.25) is 5.02 Å². The number of fused-ring (bicyclic) bond motifs is 1. The van der Waals surface area contributed by atoms with Gasteiger partial charge in [0, 0.05) is 36.3 Å². The first kappa shape index (κ1) is 13.4. The molecule has 0 saturated heterocycles. The van der Waals surface area contributed by atoms with Crippen LogP contribution in [-0.2, 0) is 6.54 Å². The second-order valence-corrected chi connectivity index (χ2v) is 5.12. The van der Waals surface area contributed by atoms with Crippen LogP contribution in [-0.4, -0.2) is 14.6 Å². The Bertz CT molecular complexity index is 847. The minimum atomic E-state index is 0.443. The summed E-state index contributed by atoms with van der Waals surface area (Å²) < 4.78 is 1.76. The number of hydrogen-bond acceptors (Lipinski definition) is 4. The van der Waals surface area contributed by atoms with Gasteiger partial charge in [-0.15, -0.1) is 0 Å². The predicted molar refractivity (Wildman–Crippen MR) is 81.2 cm³/mol. The lowest BCUT2D eigenvalue weighted by atomic mass is 10.2. The Morgan fingerprint density at radius 1 is 1.38 bits per heavy atom. The van der Waals surface area contributed by atoms with Crippen molar-refractivity contribution >= 4 is 22.9 Å². The van der Waals surface area contributed by atoms with Crippen LogP contribution in [0.4, 0.5) is 5.69 Å². The second-order valence-electron chi connectivity index (χ2n) is 4.71. The zero-order chi connectivity index (χ0) is 14.8. The molecule has 0 unspecified atom stereocenters. The molecule has 0 bridgehead atoms. The van der Waals surface area contributed by atoms with Gasteiger partial charge in [-0.3, -0.25) is 0 Å². The summed E-state index contributed by atoms with van der Waals surface area (Å²) in [7, 11) is 0. The highest BCUT2D eigenvalue weighted by Crippen LogP contribution is 2.20. The van der Waals surface area contributed by atoms with Crippen LogP contribution < -0.4 is 5.32 Å². The van der Waals surface area contributed by atoms with E-state index in [0.717, 1.165) is 22.6 Å². The van der Waals surface area contributed by atoms with E-state index in [4.69, 9.17) is 16.9 Å². The molecule has 0 saturated carbocycles. The molecule has 21 heavy (non-hydrogen) atoms. The summed E-state index contributed by atoms with van der Waals surface area (Å²) in [5.74, 6) is 0. The first-order valence-electron chi connectivity index (χ1n) is 6.40. The van der Waals surface area contributed by atoms with Crippen molar-refractivity contribution in [2.75, 3.05) is 5.32 Å². The molecule has 0 aliphatic carbocycles.